The second kappa shape index (κ2) is 5.32. The van der Waals surface area contributed by atoms with Crippen molar-refractivity contribution in [1.29, 1.82) is 0 Å². The summed E-state index contributed by atoms with van der Waals surface area (Å²) in [5.41, 5.74) is -0.255. The highest BCUT2D eigenvalue weighted by molar-refractivity contribution is 5.56. The highest BCUT2D eigenvalue weighted by Gasteiger charge is 2.35. The van der Waals surface area contributed by atoms with E-state index in [-0.39, 0.29) is 13.0 Å². The maximum Gasteiger partial charge on any atom is 0.330 e. The molecule has 112 valence electrons. The van der Waals surface area contributed by atoms with Crippen molar-refractivity contribution in [1.82, 2.24) is 14.5 Å². The van der Waals surface area contributed by atoms with Gasteiger partial charge in [0.05, 0.1) is 24.0 Å². The number of H-pyrrole nitrogens is 2. The van der Waals surface area contributed by atoms with Gasteiger partial charge in [0.2, 0.25) is 0 Å². The van der Waals surface area contributed by atoms with Crippen LogP contribution in [0.2, 0.25) is 0 Å². The standard InChI is InChI=1S/C13H15N3O5/c17-6-10-9(18)4-11(21-10)16-5-7(8-2-1-3-14-8)12(19)15-13(16)20/h1-3,5,9-11,14,17-18H,4,6H2,(H,15,19,20)/t9-,10-,11-/m1/s1. The van der Waals surface area contributed by atoms with E-state index in [1.807, 2.05) is 0 Å². The van der Waals surface area contributed by atoms with E-state index in [9.17, 15) is 14.7 Å². The van der Waals surface area contributed by atoms with Crippen molar-refractivity contribution >= 4 is 0 Å². The number of nitrogens with one attached hydrogen (secondary N) is 2. The molecule has 3 heterocycles. The molecule has 0 radical (unpaired) electrons. The maximum absolute atomic E-state index is 11.9. The zero-order valence-electron chi connectivity index (χ0n) is 11.0. The monoisotopic (exact) mass is 293 g/mol. The lowest BCUT2D eigenvalue weighted by molar-refractivity contribution is -0.0458. The molecule has 0 unspecified atom stereocenters. The summed E-state index contributed by atoms with van der Waals surface area (Å²) >= 11 is 0. The minimum absolute atomic E-state index is 0.168. The zero-order valence-corrected chi connectivity index (χ0v) is 11.0. The summed E-state index contributed by atoms with van der Waals surface area (Å²) in [6.07, 6.45) is 0.915. The first-order valence-corrected chi connectivity index (χ1v) is 6.53. The number of aromatic nitrogens is 3. The second-order valence-corrected chi connectivity index (χ2v) is 4.91. The normalized spacial score (nSPS) is 25.3. The fourth-order valence-corrected chi connectivity index (χ4v) is 2.44. The van der Waals surface area contributed by atoms with E-state index in [2.05, 4.69) is 9.97 Å². The van der Waals surface area contributed by atoms with Crippen LogP contribution >= 0.6 is 0 Å². The Balaban J connectivity index is 2.02. The van der Waals surface area contributed by atoms with Crippen LogP contribution in [-0.4, -0.2) is 43.6 Å². The van der Waals surface area contributed by atoms with Gasteiger partial charge in [-0.15, -0.1) is 0 Å². The van der Waals surface area contributed by atoms with Crippen molar-refractivity contribution < 1.29 is 14.9 Å². The summed E-state index contributed by atoms with van der Waals surface area (Å²) in [6.45, 7) is -0.334. The number of rotatable bonds is 3. The first-order chi connectivity index (χ1) is 10.1. The Morgan fingerprint density at radius 3 is 2.86 bits per heavy atom. The molecule has 8 nitrogen and oxygen atoms in total. The molecule has 0 amide bonds. The van der Waals surface area contributed by atoms with Gasteiger partial charge in [-0.25, -0.2) is 4.79 Å². The third-order valence-corrected chi connectivity index (χ3v) is 3.55. The summed E-state index contributed by atoms with van der Waals surface area (Å²) in [5, 5.41) is 18.8. The molecule has 1 fully saturated rings. The maximum atomic E-state index is 11.9. The van der Waals surface area contributed by atoms with E-state index in [0.29, 0.717) is 11.3 Å². The Bertz CT molecular complexity index is 733. The minimum atomic E-state index is -0.854. The summed E-state index contributed by atoms with van der Waals surface area (Å²) in [7, 11) is 0. The molecule has 3 rings (SSSR count). The zero-order chi connectivity index (χ0) is 15.0. The molecule has 2 aromatic heterocycles. The number of aliphatic hydroxyl groups excluding tert-OH is 2. The van der Waals surface area contributed by atoms with Crippen molar-refractivity contribution in [3.8, 4) is 11.3 Å². The van der Waals surface area contributed by atoms with Crippen molar-refractivity contribution in [3.05, 3.63) is 45.4 Å². The van der Waals surface area contributed by atoms with E-state index in [4.69, 9.17) is 9.84 Å². The predicted octanol–water partition coefficient (Wildman–Crippen LogP) is -0.828. The smallest absolute Gasteiger partial charge is 0.330 e. The number of aliphatic hydroxyl groups is 2. The molecule has 1 saturated heterocycles. The second-order valence-electron chi connectivity index (χ2n) is 4.91. The minimum Gasteiger partial charge on any atom is -0.394 e. The van der Waals surface area contributed by atoms with E-state index in [0.717, 1.165) is 0 Å². The summed E-state index contributed by atoms with van der Waals surface area (Å²) < 4.78 is 6.65. The van der Waals surface area contributed by atoms with Gasteiger partial charge >= 0.3 is 5.69 Å². The average Bonchev–Trinajstić information content (AvgIpc) is 3.08. The first-order valence-electron chi connectivity index (χ1n) is 6.53. The first kappa shape index (κ1) is 13.8. The molecular weight excluding hydrogens is 278 g/mol. The summed E-state index contributed by atoms with van der Waals surface area (Å²) in [4.78, 5) is 28.9. The highest BCUT2D eigenvalue weighted by Crippen LogP contribution is 2.27. The van der Waals surface area contributed by atoms with Crippen molar-refractivity contribution in [3.63, 3.8) is 0 Å². The topological polar surface area (TPSA) is 120 Å². The van der Waals surface area contributed by atoms with Gasteiger partial charge in [-0.3, -0.25) is 14.3 Å². The van der Waals surface area contributed by atoms with Crippen LogP contribution in [0.4, 0.5) is 0 Å². The molecular formula is C13H15N3O5. The SMILES string of the molecule is O=c1[nH]c(=O)n([C@H]2C[C@@H](O)[C@@H](CO)O2)cc1-c1ccc[nH]1. The van der Waals surface area contributed by atoms with Crippen LogP contribution in [-0.2, 0) is 4.74 Å². The van der Waals surface area contributed by atoms with E-state index in [1.54, 1.807) is 18.3 Å². The van der Waals surface area contributed by atoms with Gasteiger partial charge in [-0.1, -0.05) is 0 Å². The van der Waals surface area contributed by atoms with Crippen LogP contribution in [0.1, 0.15) is 12.6 Å². The van der Waals surface area contributed by atoms with E-state index < -0.39 is 29.7 Å². The molecule has 0 aliphatic carbocycles. The molecule has 0 bridgehead atoms. The van der Waals surface area contributed by atoms with Crippen LogP contribution in [0, 0.1) is 0 Å². The molecule has 1 aliphatic heterocycles. The Hall–Kier alpha value is -2.16. The van der Waals surface area contributed by atoms with Crippen LogP contribution < -0.4 is 11.2 Å². The van der Waals surface area contributed by atoms with Crippen molar-refractivity contribution in [2.24, 2.45) is 0 Å². The Morgan fingerprint density at radius 1 is 1.43 bits per heavy atom. The lowest BCUT2D eigenvalue weighted by atomic mass is 10.2. The molecule has 3 atom stereocenters. The van der Waals surface area contributed by atoms with Crippen LogP contribution in [0.5, 0.6) is 0 Å². The van der Waals surface area contributed by atoms with Gasteiger partial charge in [0.15, 0.2) is 0 Å². The number of ether oxygens (including phenoxy) is 1. The van der Waals surface area contributed by atoms with Crippen LogP contribution in [0.3, 0.4) is 0 Å². The fourth-order valence-electron chi connectivity index (χ4n) is 2.44. The lowest BCUT2D eigenvalue weighted by Crippen LogP contribution is -2.33. The van der Waals surface area contributed by atoms with Crippen LogP contribution in [0.25, 0.3) is 11.3 Å². The lowest BCUT2D eigenvalue weighted by Gasteiger charge is -2.15. The number of hydrogen-bond donors (Lipinski definition) is 4. The third-order valence-electron chi connectivity index (χ3n) is 3.55. The Morgan fingerprint density at radius 2 is 2.24 bits per heavy atom. The molecule has 0 saturated carbocycles. The average molecular weight is 293 g/mol. The largest absolute Gasteiger partial charge is 0.394 e. The Kier molecular flexibility index (Phi) is 3.50. The van der Waals surface area contributed by atoms with E-state index >= 15 is 0 Å². The van der Waals surface area contributed by atoms with Gasteiger partial charge in [0.1, 0.15) is 12.3 Å². The molecule has 8 heteroatoms. The van der Waals surface area contributed by atoms with Gasteiger partial charge in [-0.05, 0) is 12.1 Å². The number of hydrogen-bond acceptors (Lipinski definition) is 5. The summed E-state index contributed by atoms with van der Waals surface area (Å²) in [5.74, 6) is 0. The van der Waals surface area contributed by atoms with Gasteiger partial charge in [0.25, 0.3) is 5.56 Å². The highest BCUT2D eigenvalue weighted by atomic mass is 16.5. The molecule has 4 N–H and O–H groups in total. The van der Waals surface area contributed by atoms with Gasteiger partial charge < -0.3 is 19.9 Å². The Labute approximate surface area is 118 Å². The molecule has 1 aliphatic rings. The number of nitrogens with zero attached hydrogens (tertiary/aromatic N) is 1. The summed E-state index contributed by atoms with van der Waals surface area (Å²) in [6, 6.07) is 3.45. The fraction of sp³-hybridized carbons (Fsp3) is 0.385. The van der Waals surface area contributed by atoms with E-state index in [1.165, 1.54) is 10.8 Å². The van der Waals surface area contributed by atoms with Crippen LogP contribution in [0.15, 0.2) is 34.1 Å². The van der Waals surface area contributed by atoms with Crippen molar-refractivity contribution in [2.75, 3.05) is 6.61 Å². The molecule has 0 spiro atoms. The number of aromatic amines is 2. The molecule has 0 aromatic carbocycles. The van der Waals surface area contributed by atoms with Crippen molar-refractivity contribution in [2.45, 2.75) is 24.9 Å². The van der Waals surface area contributed by atoms with Gasteiger partial charge in [0, 0.05) is 18.8 Å². The van der Waals surface area contributed by atoms with Gasteiger partial charge in [-0.2, -0.15) is 0 Å². The predicted molar refractivity (Wildman–Crippen MR) is 72.7 cm³/mol. The molecule has 2 aromatic rings. The molecule has 21 heavy (non-hydrogen) atoms. The third kappa shape index (κ3) is 2.44. The quantitative estimate of drug-likeness (QED) is 0.589.